The number of carbonyl (C=O) groups is 3. The van der Waals surface area contributed by atoms with Gasteiger partial charge in [0.05, 0.1) is 6.54 Å². The zero-order valence-corrected chi connectivity index (χ0v) is 17.2. The lowest BCUT2D eigenvalue weighted by Gasteiger charge is -2.24. The molecule has 2 N–H and O–H groups in total. The van der Waals surface area contributed by atoms with Crippen LogP contribution in [0.2, 0.25) is 0 Å². The molecule has 2 aromatic carbocycles. The Labute approximate surface area is 181 Å². The van der Waals surface area contributed by atoms with Gasteiger partial charge in [-0.1, -0.05) is 61.4 Å². The van der Waals surface area contributed by atoms with E-state index in [9.17, 15) is 14.4 Å². The Hall–Kier alpha value is -3.79. The Morgan fingerprint density at radius 1 is 1.13 bits per heavy atom. The number of hydrogen-bond acceptors (Lipinski definition) is 4. The Morgan fingerprint density at radius 2 is 1.71 bits per heavy atom. The van der Waals surface area contributed by atoms with Crippen LogP contribution in [0.25, 0.3) is 11.1 Å². The van der Waals surface area contributed by atoms with Crippen LogP contribution in [-0.2, 0) is 14.3 Å². The molecule has 0 bridgehead atoms. The van der Waals surface area contributed by atoms with Crippen molar-refractivity contribution in [2.75, 3.05) is 19.7 Å². The number of carbonyl (C=O) groups excluding carboxylic acids is 2. The smallest absolute Gasteiger partial charge is 0.407 e. The van der Waals surface area contributed by atoms with Crippen LogP contribution < -0.4 is 5.32 Å². The van der Waals surface area contributed by atoms with Crippen LogP contribution in [0.1, 0.15) is 30.4 Å². The number of aliphatic carboxylic acids is 1. The van der Waals surface area contributed by atoms with E-state index in [1.54, 1.807) is 6.92 Å². The molecule has 7 nitrogen and oxygen atoms in total. The normalized spacial score (nSPS) is 12.8. The molecule has 160 valence electrons. The van der Waals surface area contributed by atoms with Crippen molar-refractivity contribution in [3.8, 4) is 23.5 Å². The van der Waals surface area contributed by atoms with Crippen molar-refractivity contribution in [1.29, 1.82) is 0 Å². The summed E-state index contributed by atoms with van der Waals surface area (Å²) in [7, 11) is 0. The van der Waals surface area contributed by atoms with Gasteiger partial charge in [-0.3, -0.25) is 9.59 Å². The molecule has 0 aromatic heterocycles. The molecule has 0 aliphatic heterocycles. The minimum Gasteiger partial charge on any atom is -0.480 e. The molecule has 0 heterocycles. The number of alkyl carbamates (subject to hydrolysis) is 1. The molecule has 1 atom stereocenters. The molecule has 2 amide bonds. The zero-order chi connectivity index (χ0) is 22.4. The van der Waals surface area contributed by atoms with Crippen LogP contribution in [0.4, 0.5) is 4.79 Å². The summed E-state index contributed by atoms with van der Waals surface area (Å²) >= 11 is 0. The minimum atomic E-state index is -1.18. The Morgan fingerprint density at radius 3 is 2.23 bits per heavy atom. The van der Waals surface area contributed by atoms with Crippen LogP contribution >= 0.6 is 0 Å². The van der Waals surface area contributed by atoms with E-state index in [-0.39, 0.29) is 25.5 Å². The van der Waals surface area contributed by atoms with Crippen molar-refractivity contribution in [1.82, 2.24) is 10.2 Å². The Kier molecular flexibility index (Phi) is 6.93. The second-order valence-electron chi connectivity index (χ2n) is 7.22. The minimum absolute atomic E-state index is 0.0983. The number of nitrogens with one attached hydrogen (secondary N) is 1. The number of benzene rings is 2. The predicted molar refractivity (Wildman–Crippen MR) is 115 cm³/mol. The molecule has 0 fully saturated rings. The lowest BCUT2D eigenvalue weighted by molar-refractivity contribution is -0.144. The molecule has 0 radical (unpaired) electrons. The Bertz CT molecular complexity index is 981. The molecule has 3 rings (SSSR count). The van der Waals surface area contributed by atoms with Crippen molar-refractivity contribution in [3.63, 3.8) is 0 Å². The van der Waals surface area contributed by atoms with Crippen molar-refractivity contribution in [2.24, 2.45) is 0 Å². The highest BCUT2D eigenvalue weighted by molar-refractivity contribution is 5.88. The van der Waals surface area contributed by atoms with E-state index in [4.69, 9.17) is 16.3 Å². The maximum Gasteiger partial charge on any atom is 0.407 e. The van der Waals surface area contributed by atoms with Crippen molar-refractivity contribution < 1.29 is 24.2 Å². The maximum atomic E-state index is 12.6. The number of carboxylic acids is 1. The molecular weight excluding hydrogens is 396 g/mol. The summed E-state index contributed by atoms with van der Waals surface area (Å²) in [5.41, 5.74) is 4.40. The lowest BCUT2D eigenvalue weighted by atomic mass is 9.98. The van der Waals surface area contributed by atoms with E-state index in [1.807, 2.05) is 48.5 Å². The third-order valence-corrected chi connectivity index (χ3v) is 5.26. The zero-order valence-electron chi connectivity index (χ0n) is 17.2. The molecular formula is C24H24N2O5. The van der Waals surface area contributed by atoms with E-state index in [0.717, 1.165) is 27.2 Å². The summed E-state index contributed by atoms with van der Waals surface area (Å²) in [6, 6.07) is 15.0. The number of rotatable bonds is 8. The van der Waals surface area contributed by atoms with E-state index in [0.29, 0.717) is 0 Å². The summed E-state index contributed by atoms with van der Waals surface area (Å²) in [6.45, 7) is 1.13. The quantitative estimate of drug-likeness (QED) is 0.641. The number of nitrogens with zero attached hydrogens (tertiary/aromatic N) is 1. The fourth-order valence-electron chi connectivity index (χ4n) is 3.83. The van der Waals surface area contributed by atoms with Gasteiger partial charge in [-0.2, -0.15) is 0 Å². The maximum absolute atomic E-state index is 12.6. The number of fused-ring (bicyclic) bond motifs is 3. The molecule has 1 aliphatic carbocycles. The summed E-state index contributed by atoms with van der Waals surface area (Å²) in [5, 5.41) is 11.5. The van der Waals surface area contributed by atoms with Gasteiger partial charge < -0.3 is 20.1 Å². The fraction of sp³-hybridized carbons (Fsp3) is 0.292. The summed E-state index contributed by atoms with van der Waals surface area (Å²) in [5.74, 6) is 0.427. The fourth-order valence-corrected chi connectivity index (χ4v) is 3.83. The highest BCUT2D eigenvalue weighted by Gasteiger charge is 2.30. The van der Waals surface area contributed by atoms with Crippen molar-refractivity contribution >= 4 is 18.0 Å². The second kappa shape index (κ2) is 9.81. The third-order valence-electron chi connectivity index (χ3n) is 5.26. The molecule has 7 heteroatoms. The number of ether oxygens (including phenoxy) is 1. The van der Waals surface area contributed by atoms with Gasteiger partial charge in [-0.05, 0) is 28.7 Å². The molecule has 1 unspecified atom stereocenters. The molecule has 1 aliphatic rings. The van der Waals surface area contributed by atoms with Gasteiger partial charge in [0.1, 0.15) is 19.2 Å². The van der Waals surface area contributed by atoms with E-state index in [2.05, 4.69) is 11.2 Å². The van der Waals surface area contributed by atoms with E-state index >= 15 is 0 Å². The third kappa shape index (κ3) is 4.86. The standard InChI is InChI=1S/C24H24N2O5/c1-3-13-26(14-22(27)28)23(29)21(4-2)25-24(30)31-15-20-18-11-7-5-9-16(18)17-10-6-8-12-19(17)20/h1,5-12,20-21H,4,13-15H2,2H3,(H,25,30)(H,27,28). The first kappa shape index (κ1) is 21.9. The average Bonchev–Trinajstić information content (AvgIpc) is 3.09. The van der Waals surface area contributed by atoms with Crippen LogP contribution in [-0.4, -0.2) is 53.7 Å². The van der Waals surface area contributed by atoms with Gasteiger partial charge in [-0.15, -0.1) is 6.42 Å². The van der Waals surface area contributed by atoms with Crippen LogP contribution in [0.15, 0.2) is 48.5 Å². The van der Waals surface area contributed by atoms with Crippen molar-refractivity contribution in [3.05, 3.63) is 59.7 Å². The highest BCUT2D eigenvalue weighted by atomic mass is 16.5. The first-order chi connectivity index (χ1) is 15.0. The second-order valence-corrected chi connectivity index (χ2v) is 7.22. The van der Waals surface area contributed by atoms with Gasteiger partial charge in [0, 0.05) is 5.92 Å². The number of hydrogen-bond donors (Lipinski definition) is 2. The first-order valence-corrected chi connectivity index (χ1v) is 10.0. The molecule has 2 aromatic rings. The lowest BCUT2D eigenvalue weighted by Crippen LogP contribution is -2.50. The van der Waals surface area contributed by atoms with Gasteiger partial charge in [-0.25, -0.2) is 4.79 Å². The van der Waals surface area contributed by atoms with Gasteiger partial charge in [0.2, 0.25) is 5.91 Å². The van der Waals surface area contributed by atoms with E-state index < -0.39 is 30.6 Å². The largest absolute Gasteiger partial charge is 0.480 e. The topological polar surface area (TPSA) is 95.9 Å². The summed E-state index contributed by atoms with van der Waals surface area (Å²) < 4.78 is 5.47. The van der Waals surface area contributed by atoms with Crippen LogP contribution in [0.3, 0.4) is 0 Å². The average molecular weight is 420 g/mol. The summed E-state index contributed by atoms with van der Waals surface area (Å²) in [4.78, 5) is 37.1. The first-order valence-electron chi connectivity index (χ1n) is 10.0. The SMILES string of the molecule is C#CCN(CC(=O)O)C(=O)C(CC)NC(=O)OCC1c2ccccc2-c2ccccc21. The summed E-state index contributed by atoms with van der Waals surface area (Å²) in [6.07, 6.45) is 4.76. The predicted octanol–water partition coefficient (Wildman–Crippen LogP) is 2.85. The number of carboxylic acid groups (broad SMARTS) is 1. The monoisotopic (exact) mass is 420 g/mol. The molecule has 31 heavy (non-hydrogen) atoms. The van der Waals surface area contributed by atoms with Crippen molar-refractivity contribution in [2.45, 2.75) is 25.3 Å². The molecule has 0 spiro atoms. The van der Waals surface area contributed by atoms with Gasteiger partial charge >= 0.3 is 12.1 Å². The van der Waals surface area contributed by atoms with Crippen LogP contribution in [0.5, 0.6) is 0 Å². The van der Waals surface area contributed by atoms with Crippen LogP contribution in [0, 0.1) is 12.3 Å². The van der Waals surface area contributed by atoms with E-state index in [1.165, 1.54) is 0 Å². The molecule has 0 saturated carbocycles. The molecule has 0 saturated heterocycles. The number of amides is 2. The Balaban J connectivity index is 1.66. The van der Waals surface area contributed by atoms with Gasteiger partial charge in [0.15, 0.2) is 0 Å². The number of terminal acetylenes is 1. The highest BCUT2D eigenvalue weighted by Crippen LogP contribution is 2.44. The van der Waals surface area contributed by atoms with Gasteiger partial charge in [0.25, 0.3) is 0 Å².